The molecule has 0 aliphatic carbocycles. The minimum Gasteiger partial charge on any atom is -0.339 e. The molecule has 17 heavy (non-hydrogen) atoms. The van der Waals surface area contributed by atoms with E-state index in [1.165, 1.54) is 7.05 Å². The first-order chi connectivity index (χ1) is 7.39. The molecule has 2 atom stereocenters. The minimum atomic E-state index is -3.48. The summed E-state index contributed by atoms with van der Waals surface area (Å²) in [7, 11) is -2.17. The van der Waals surface area contributed by atoms with Crippen LogP contribution in [0.15, 0.2) is 0 Å². The maximum atomic E-state index is 11.8. The van der Waals surface area contributed by atoms with Crippen molar-refractivity contribution < 1.29 is 13.2 Å². The SMILES string of the molecule is CNS(=O)(=O)CC(=O)N1CC(CN)CC1C.Cl. The normalized spacial score (nSPS) is 24.5. The van der Waals surface area contributed by atoms with Crippen molar-refractivity contribution in [1.29, 1.82) is 0 Å². The zero-order valence-electron chi connectivity index (χ0n) is 10.0. The molecule has 1 fully saturated rings. The van der Waals surface area contributed by atoms with Crippen LogP contribution in [0.5, 0.6) is 0 Å². The van der Waals surface area contributed by atoms with E-state index in [0.29, 0.717) is 13.1 Å². The monoisotopic (exact) mass is 285 g/mol. The number of rotatable bonds is 4. The Balaban J connectivity index is 0.00000256. The second-order valence-corrected chi connectivity index (χ2v) is 6.12. The fraction of sp³-hybridized carbons (Fsp3) is 0.889. The highest BCUT2D eigenvalue weighted by Gasteiger charge is 2.33. The molecule has 6 nitrogen and oxygen atoms in total. The minimum absolute atomic E-state index is 0. The van der Waals surface area contributed by atoms with Gasteiger partial charge < -0.3 is 10.6 Å². The molecule has 102 valence electrons. The van der Waals surface area contributed by atoms with E-state index in [0.717, 1.165) is 6.42 Å². The van der Waals surface area contributed by atoms with E-state index in [-0.39, 0.29) is 30.3 Å². The molecule has 0 aromatic carbocycles. The average molecular weight is 286 g/mol. The van der Waals surface area contributed by atoms with Crippen molar-refractivity contribution in [3.05, 3.63) is 0 Å². The summed E-state index contributed by atoms with van der Waals surface area (Å²) in [6.07, 6.45) is 0.849. The van der Waals surface area contributed by atoms with Crippen LogP contribution in [-0.4, -0.2) is 51.2 Å². The van der Waals surface area contributed by atoms with Gasteiger partial charge in [-0.1, -0.05) is 0 Å². The topological polar surface area (TPSA) is 92.5 Å². The molecule has 1 rings (SSSR count). The number of hydrogen-bond donors (Lipinski definition) is 2. The van der Waals surface area contributed by atoms with Gasteiger partial charge in [-0.2, -0.15) is 0 Å². The molecule has 0 radical (unpaired) electrons. The standard InChI is InChI=1S/C9H19N3O3S.ClH/c1-7-3-8(4-10)5-12(7)9(13)6-16(14,15)11-2;/h7-8,11H,3-6,10H2,1-2H3;1H. The van der Waals surface area contributed by atoms with E-state index < -0.39 is 15.8 Å². The smallest absolute Gasteiger partial charge is 0.239 e. The third kappa shape index (κ3) is 4.42. The van der Waals surface area contributed by atoms with E-state index in [1.807, 2.05) is 6.92 Å². The number of halogens is 1. The summed E-state index contributed by atoms with van der Waals surface area (Å²) >= 11 is 0. The quantitative estimate of drug-likeness (QED) is 0.704. The lowest BCUT2D eigenvalue weighted by atomic mass is 10.1. The zero-order chi connectivity index (χ0) is 12.3. The van der Waals surface area contributed by atoms with Crippen LogP contribution in [0.1, 0.15) is 13.3 Å². The van der Waals surface area contributed by atoms with E-state index in [4.69, 9.17) is 5.73 Å². The Kier molecular flexibility index (Phi) is 6.39. The molecule has 0 saturated carbocycles. The lowest BCUT2D eigenvalue weighted by molar-refractivity contribution is -0.129. The predicted octanol–water partition coefficient (Wildman–Crippen LogP) is -0.847. The second-order valence-electron chi connectivity index (χ2n) is 4.20. The van der Waals surface area contributed by atoms with Crippen LogP contribution in [-0.2, 0) is 14.8 Å². The summed E-state index contributed by atoms with van der Waals surface area (Å²) < 4.78 is 24.6. The zero-order valence-corrected chi connectivity index (χ0v) is 11.7. The first-order valence-electron chi connectivity index (χ1n) is 5.30. The fourth-order valence-corrected chi connectivity index (χ4v) is 2.61. The van der Waals surface area contributed by atoms with E-state index in [1.54, 1.807) is 4.90 Å². The molecule has 1 aliphatic heterocycles. The van der Waals surface area contributed by atoms with Crippen LogP contribution in [0, 0.1) is 5.92 Å². The summed E-state index contributed by atoms with van der Waals surface area (Å²) in [5.41, 5.74) is 5.54. The number of amides is 1. The van der Waals surface area contributed by atoms with Crippen molar-refractivity contribution in [2.45, 2.75) is 19.4 Å². The van der Waals surface area contributed by atoms with Crippen molar-refractivity contribution >= 4 is 28.3 Å². The molecule has 1 amide bonds. The van der Waals surface area contributed by atoms with Gasteiger partial charge in [-0.15, -0.1) is 12.4 Å². The van der Waals surface area contributed by atoms with Crippen LogP contribution in [0.25, 0.3) is 0 Å². The van der Waals surface area contributed by atoms with Gasteiger partial charge in [0.15, 0.2) is 0 Å². The Bertz CT molecular complexity index is 360. The number of carbonyl (C=O) groups is 1. The van der Waals surface area contributed by atoms with Crippen LogP contribution < -0.4 is 10.5 Å². The van der Waals surface area contributed by atoms with Crippen molar-refractivity contribution in [3.8, 4) is 0 Å². The summed E-state index contributed by atoms with van der Waals surface area (Å²) in [5, 5.41) is 0. The maximum Gasteiger partial charge on any atom is 0.239 e. The van der Waals surface area contributed by atoms with Crippen LogP contribution in [0.4, 0.5) is 0 Å². The number of hydrogen-bond acceptors (Lipinski definition) is 4. The van der Waals surface area contributed by atoms with Gasteiger partial charge in [0.2, 0.25) is 15.9 Å². The van der Waals surface area contributed by atoms with Crippen LogP contribution >= 0.6 is 12.4 Å². The van der Waals surface area contributed by atoms with E-state index in [2.05, 4.69) is 4.72 Å². The summed E-state index contributed by atoms with van der Waals surface area (Å²) in [5.74, 6) is -0.542. The fourth-order valence-electron chi connectivity index (χ4n) is 1.98. The van der Waals surface area contributed by atoms with Gasteiger partial charge in [0.25, 0.3) is 0 Å². The van der Waals surface area contributed by atoms with Gasteiger partial charge >= 0.3 is 0 Å². The van der Waals surface area contributed by atoms with Gasteiger partial charge in [-0.25, -0.2) is 13.1 Å². The average Bonchev–Trinajstić information content (AvgIpc) is 2.59. The molecular weight excluding hydrogens is 266 g/mol. The number of carbonyl (C=O) groups excluding carboxylic acids is 1. The first kappa shape index (κ1) is 16.6. The van der Waals surface area contributed by atoms with Crippen LogP contribution in [0.2, 0.25) is 0 Å². The van der Waals surface area contributed by atoms with Crippen molar-refractivity contribution in [2.75, 3.05) is 25.9 Å². The molecule has 1 saturated heterocycles. The summed E-state index contributed by atoms with van der Waals surface area (Å²) in [6.45, 7) is 3.02. The van der Waals surface area contributed by atoms with Crippen molar-refractivity contribution in [2.24, 2.45) is 11.7 Å². The van der Waals surface area contributed by atoms with Crippen molar-refractivity contribution in [3.63, 3.8) is 0 Å². The Hall–Kier alpha value is -0.370. The third-order valence-electron chi connectivity index (χ3n) is 2.94. The Morgan fingerprint density at radius 1 is 1.53 bits per heavy atom. The van der Waals surface area contributed by atoms with E-state index >= 15 is 0 Å². The largest absolute Gasteiger partial charge is 0.339 e. The molecule has 1 aliphatic rings. The molecule has 1 heterocycles. The van der Waals surface area contributed by atoms with Gasteiger partial charge in [0.1, 0.15) is 5.75 Å². The number of nitrogens with zero attached hydrogens (tertiary/aromatic N) is 1. The highest BCUT2D eigenvalue weighted by atomic mass is 35.5. The lowest BCUT2D eigenvalue weighted by Gasteiger charge is -2.21. The number of likely N-dealkylation sites (tertiary alicyclic amines) is 1. The molecule has 0 aromatic heterocycles. The predicted molar refractivity (Wildman–Crippen MR) is 68.4 cm³/mol. The molecular formula is C9H20ClN3O3S. The molecule has 2 unspecified atom stereocenters. The van der Waals surface area contributed by atoms with Gasteiger partial charge in [0, 0.05) is 12.6 Å². The summed E-state index contributed by atoms with van der Waals surface area (Å²) in [6, 6.07) is 0.0770. The molecule has 0 spiro atoms. The number of sulfonamides is 1. The molecule has 0 bridgehead atoms. The van der Waals surface area contributed by atoms with Gasteiger partial charge in [-0.3, -0.25) is 4.79 Å². The number of nitrogens with two attached hydrogens (primary N) is 1. The van der Waals surface area contributed by atoms with Gasteiger partial charge in [0.05, 0.1) is 0 Å². The highest BCUT2D eigenvalue weighted by molar-refractivity contribution is 7.90. The molecule has 0 aromatic rings. The number of nitrogens with one attached hydrogen (secondary N) is 1. The maximum absolute atomic E-state index is 11.8. The molecule has 8 heteroatoms. The third-order valence-corrected chi connectivity index (χ3v) is 4.19. The van der Waals surface area contributed by atoms with Gasteiger partial charge in [-0.05, 0) is 32.9 Å². The Morgan fingerprint density at radius 3 is 2.53 bits per heavy atom. The second kappa shape index (κ2) is 6.53. The Morgan fingerprint density at radius 2 is 2.12 bits per heavy atom. The van der Waals surface area contributed by atoms with Crippen LogP contribution in [0.3, 0.4) is 0 Å². The highest BCUT2D eigenvalue weighted by Crippen LogP contribution is 2.22. The lowest BCUT2D eigenvalue weighted by Crippen LogP contribution is -2.40. The summed E-state index contributed by atoms with van der Waals surface area (Å²) in [4.78, 5) is 13.4. The first-order valence-corrected chi connectivity index (χ1v) is 6.95. The van der Waals surface area contributed by atoms with Crippen molar-refractivity contribution in [1.82, 2.24) is 9.62 Å². The molecule has 3 N–H and O–H groups in total. The van der Waals surface area contributed by atoms with E-state index in [9.17, 15) is 13.2 Å². The Labute approximate surface area is 108 Å².